The Balaban J connectivity index is 2.07. The summed E-state index contributed by atoms with van der Waals surface area (Å²) in [7, 11) is 0. The number of nitrogens with zero attached hydrogens (tertiary/aromatic N) is 2. The maximum atomic E-state index is 13.2. The first-order valence-electron chi connectivity index (χ1n) is 10.0. The molecule has 5 heteroatoms. The van der Waals surface area contributed by atoms with Crippen LogP contribution in [0.25, 0.3) is 0 Å². The third-order valence-electron chi connectivity index (χ3n) is 5.10. The molecule has 0 spiro atoms. The van der Waals surface area contributed by atoms with Crippen molar-refractivity contribution < 1.29 is 4.79 Å². The van der Waals surface area contributed by atoms with Crippen LogP contribution in [0.1, 0.15) is 52.6 Å². The third-order valence-corrected chi connectivity index (χ3v) is 5.10. The third kappa shape index (κ3) is 4.80. The molecule has 5 nitrogen and oxygen atoms in total. The van der Waals surface area contributed by atoms with E-state index in [2.05, 4.69) is 21.8 Å². The van der Waals surface area contributed by atoms with Gasteiger partial charge in [-0.05, 0) is 56.0 Å². The zero-order valence-electron chi connectivity index (χ0n) is 17.2. The van der Waals surface area contributed by atoms with E-state index < -0.39 is 0 Å². The molecule has 1 aromatic carbocycles. The van der Waals surface area contributed by atoms with Crippen LogP contribution in [-0.2, 0) is 13.0 Å². The Kier molecular flexibility index (Phi) is 6.60. The number of hydrogen-bond acceptors (Lipinski definition) is 3. The second kappa shape index (κ2) is 9.32. The lowest BCUT2D eigenvalue weighted by atomic mass is 10.0. The number of aromatic nitrogens is 2. The Morgan fingerprint density at radius 1 is 1.10 bits per heavy atom. The first-order valence-corrected chi connectivity index (χ1v) is 10.0. The van der Waals surface area contributed by atoms with E-state index in [0.717, 1.165) is 41.0 Å². The molecule has 0 radical (unpaired) electrons. The lowest BCUT2D eigenvalue weighted by molar-refractivity contribution is 0.102. The van der Waals surface area contributed by atoms with Crippen molar-refractivity contribution in [2.75, 3.05) is 5.32 Å². The average Bonchev–Trinajstić information content (AvgIpc) is 2.71. The van der Waals surface area contributed by atoms with E-state index in [1.54, 1.807) is 18.5 Å². The van der Waals surface area contributed by atoms with Crippen LogP contribution in [0.5, 0.6) is 0 Å². The topological polar surface area (TPSA) is 64.0 Å². The molecule has 0 atom stereocenters. The van der Waals surface area contributed by atoms with Gasteiger partial charge in [0.15, 0.2) is 5.43 Å². The summed E-state index contributed by atoms with van der Waals surface area (Å²) in [4.78, 5) is 30.1. The summed E-state index contributed by atoms with van der Waals surface area (Å²) in [5.74, 6) is -0.348. The number of rotatable bonds is 7. The van der Waals surface area contributed by atoms with Gasteiger partial charge in [-0.15, -0.1) is 0 Å². The summed E-state index contributed by atoms with van der Waals surface area (Å²) in [6, 6.07) is 13.0. The maximum absolute atomic E-state index is 13.2. The molecule has 0 saturated heterocycles. The molecule has 0 aliphatic heterocycles. The number of para-hydroxylation sites is 1. The van der Waals surface area contributed by atoms with Crippen LogP contribution in [0.3, 0.4) is 0 Å². The van der Waals surface area contributed by atoms with Crippen LogP contribution in [0.2, 0.25) is 0 Å². The summed E-state index contributed by atoms with van der Waals surface area (Å²) in [6.45, 7) is 6.55. The number of unbranched alkanes of at least 4 members (excludes halogenated alkanes) is 1. The van der Waals surface area contributed by atoms with Gasteiger partial charge in [-0.2, -0.15) is 0 Å². The van der Waals surface area contributed by atoms with Crippen LogP contribution in [0, 0.1) is 13.8 Å². The van der Waals surface area contributed by atoms with Gasteiger partial charge in [0.05, 0.1) is 0 Å². The molecule has 2 aromatic heterocycles. The summed E-state index contributed by atoms with van der Waals surface area (Å²) in [6.07, 6.45) is 6.07. The second-order valence-corrected chi connectivity index (χ2v) is 7.29. The Morgan fingerprint density at radius 3 is 2.52 bits per heavy atom. The fourth-order valence-corrected chi connectivity index (χ4v) is 3.47. The quantitative estimate of drug-likeness (QED) is 0.647. The minimum Gasteiger partial charge on any atom is -0.343 e. The largest absolute Gasteiger partial charge is 0.343 e. The van der Waals surface area contributed by atoms with Gasteiger partial charge in [-0.1, -0.05) is 31.5 Å². The number of pyridine rings is 2. The Hall–Kier alpha value is -3.21. The van der Waals surface area contributed by atoms with Crippen molar-refractivity contribution >= 4 is 11.6 Å². The Labute approximate surface area is 171 Å². The first-order chi connectivity index (χ1) is 14.0. The van der Waals surface area contributed by atoms with Gasteiger partial charge in [0.25, 0.3) is 5.91 Å². The van der Waals surface area contributed by atoms with Crippen molar-refractivity contribution in [2.24, 2.45) is 0 Å². The minimum atomic E-state index is -0.348. The monoisotopic (exact) mass is 389 g/mol. The average molecular weight is 389 g/mol. The standard InChI is InChI=1S/C24H27N3O2/c1-4-5-10-21-23(24(29)26-20-9-7-6-8-17(20)2)22(28)15-18(3)27(21)16-19-11-13-25-14-12-19/h6-9,11-15H,4-5,10,16H2,1-3H3,(H,26,29). The van der Waals surface area contributed by atoms with E-state index in [1.807, 2.05) is 50.2 Å². The van der Waals surface area contributed by atoms with Crippen molar-refractivity contribution in [1.29, 1.82) is 0 Å². The van der Waals surface area contributed by atoms with Gasteiger partial charge >= 0.3 is 0 Å². The molecule has 29 heavy (non-hydrogen) atoms. The molecule has 0 aliphatic rings. The smallest absolute Gasteiger partial charge is 0.261 e. The SMILES string of the molecule is CCCCc1c(C(=O)Nc2ccccc2C)c(=O)cc(C)n1Cc1ccncc1. The molecule has 0 saturated carbocycles. The molecular weight excluding hydrogens is 362 g/mol. The predicted molar refractivity (Wildman–Crippen MR) is 117 cm³/mol. The highest BCUT2D eigenvalue weighted by Crippen LogP contribution is 2.18. The van der Waals surface area contributed by atoms with Crippen molar-refractivity contribution in [3.05, 3.63) is 93.2 Å². The maximum Gasteiger partial charge on any atom is 0.261 e. The van der Waals surface area contributed by atoms with Crippen molar-refractivity contribution in [2.45, 2.75) is 46.6 Å². The molecule has 150 valence electrons. The van der Waals surface area contributed by atoms with Crippen LogP contribution < -0.4 is 10.7 Å². The van der Waals surface area contributed by atoms with E-state index in [0.29, 0.717) is 13.0 Å². The van der Waals surface area contributed by atoms with E-state index in [4.69, 9.17) is 0 Å². The number of anilines is 1. The number of amides is 1. The highest BCUT2D eigenvalue weighted by Gasteiger charge is 2.20. The van der Waals surface area contributed by atoms with Gasteiger partial charge in [0.2, 0.25) is 0 Å². The number of aryl methyl sites for hydroxylation is 2. The number of carbonyl (C=O) groups is 1. The fraction of sp³-hybridized carbons (Fsp3) is 0.292. The fourth-order valence-electron chi connectivity index (χ4n) is 3.47. The van der Waals surface area contributed by atoms with Gasteiger partial charge in [0.1, 0.15) is 5.56 Å². The van der Waals surface area contributed by atoms with E-state index in [9.17, 15) is 9.59 Å². The lowest BCUT2D eigenvalue weighted by Crippen LogP contribution is -2.29. The van der Waals surface area contributed by atoms with E-state index >= 15 is 0 Å². The predicted octanol–water partition coefficient (Wildman–Crippen LogP) is 4.50. The van der Waals surface area contributed by atoms with Crippen LogP contribution in [0.15, 0.2) is 59.7 Å². The summed E-state index contributed by atoms with van der Waals surface area (Å²) >= 11 is 0. The zero-order chi connectivity index (χ0) is 20.8. The summed E-state index contributed by atoms with van der Waals surface area (Å²) < 4.78 is 2.08. The number of benzene rings is 1. The molecule has 1 N–H and O–H groups in total. The van der Waals surface area contributed by atoms with Crippen molar-refractivity contribution in [3.63, 3.8) is 0 Å². The summed E-state index contributed by atoms with van der Waals surface area (Å²) in [5, 5.41) is 2.93. The van der Waals surface area contributed by atoms with Crippen LogP contribution in [-0.4, -0.2) is 15.5 Å². The molecule has 3 rings (SSSR count). The van der Waals surface area contributed by atoms with Crippen molar-refractivity contribution in [3.8, 4) is 0 Å². The van der Waals surface area contributed by atoms with Crippen LogP contribution in [0.4, 0.5) is 5.69 Å². The molecule has 3 aromatic rings. The molecule has 0 fully saturated rings. The molecule has 0 bridgehead atoms. The van der Waals surface area contributed by atoms with Gasteiger partial charge in [-0.3, -0.25) is 14.6 Å². The highest BCUT2D eigenvalue weighted by molar-refractivity contribution is 6.05. The van der Waals surface area contributed by atoms with E-state index in [-0.39, 0.29) is 16.9 Å². The lowest BCUT2D eigenvalue weighted by Gasteiger charge is -2.20. The zero-order valence-corrected chi connectivity index (χ0v) is 17.2. The molecule has 1 amide bonds. The normalized spacial score (nSPS) is 10.7. The minimum absolute atomic E-state index is 0.231. The second-order valence-electron chi connectivity index (χ2n) is 7.29. The van der Waals surface area contributed by atoms with E-state index in [1.165, 1.54) is 0 Å². The molecular formula is C24H27N3O2. The Morgan fingerprint density at radius 2 is 1.83 bits per heavy atom. The van der Waals surface area contributed by atoms with Gasteiger partial charge in [0, 0.05) is 42.1 Å². The van der Waals surface area contributed by atoms with Crippen molar-refractivity contribution in [1.82, 2.24) is 9.55 Å². The number of carbonyl (C=O) groups excluding carboxylic acids is 1. The molecule has 0 unspecified atom stereocenters. The first kappa shape index (κ1) is 20.5. The molecule has 0 aliphatic carbocycles. The highest BCUT2D eigenvalue weighted by atomic mass is 16.2. The van der Waals surface area contributed by atoms with Crippen LogP contribution >= 0.6 is 0 Å². The molecule has 2 heterocycles. The number of hydrogen-bond donors (Lipinski definition) is 1. The van der Waals surface area contributed by atoms with Gasteiger partial charge < -0.3 is 9.88 Å². The Bertz CT molecular complexity index is 1060. The summed E-state index contributed by atoms with van der Waals surface area (Å²) in [5.41, 5.74) is 4.41. The van der Waals surface area contributed by atoms with Gasteiger partial charge in [-0.25, -0.2) is 0 Å². The number of nitrogens with one attached hydrogen (secondary N) is 1.